The Kier molecular flexibility index (Phi) is 5.55. The summed E-state index contributed by atoms with van der Waals surface area (Å²) >= 11 is 6.00. The second kappa shape index (κ2) is 7.61. The molecule has 0 saturated carbocycles. The van der Waals surface area contributed by atoms with E-state index in [4.69, 9.17) is 16.3 Å². The molecule has 0 aliphatic carbocycles. The third-order valence-electron chi connectivity index (χ3n) is 3.19. The average molecular weight is 318 g/mol. The lowest BCUT2D eigenvalue weighted by Gasteiger charge is -2.17. The van der Waals surface area contributed by atoms with Gasteiger partial charge in [0.05, 0.1) is 17.7 Å². The minimum atomic E-state index is -0.767. The molecule has 0 aliphatic heterocycles. The Balaban J connectivity index is 2.15. The Morgan fingerprint density at radius 1 is 1.09 bits per heavy atom. The maximum atomic E-state index is 12.3. The summed E-state index contributed by atoms with van der Waals surface area (Å²) in [4.78, 5) is 24.2. The maximum absolute atomic E-state index is 12.3. The van der Waals surface area contributed by atoms with Crippen molar-refractivity contribution in [3.63, 3.8) is 0 Å². The van der Waals surface area contributed by atoms with E-state index in [2.05, 4.69) is 5.32 Å². The highest BCUT2D eigenvalue weighted by Crippen LogP contribution is 2.15. The van der Waals surface area contributed by atoms with Crippen molar-refractivity contribution in [3.8, 4) is 0 Å². The number of hydrogen-bond acceptors (Lipinski definition) is 3. The van der Waals surface area contributed by atoms with Crippen LogP contribution in [0, 0.1) is 0 Å². The molecule has 0 fully saturated rings. The van der Waals surface area contributed by atoms with Crippen molar-refractivity contribution in [1.29, 1.82) is 0 Å². The fourth-order valence-electron chi connectivity index (χ4n) is 2.07. The molecule has 2 aromatic carbocycles. The molecular formula is C17H16ClNO3. The van der Waals surface area contributed by atoms with Gasteiger partial charge in [-0.05, 0) is 17.7 Å². The summed E-state index contributed by atoms with van der Waals surface area (Å²) in [7, 11) is 1.29. The lowest BCUT2D eigenvalue weighted by atomic mass is 10.1. The fourth-order valence-corrected chi connectivity index (χ4v) is 2.29. The van der Waals surface area contributed by atoms with Crippen LogP contribution in [0.15, 0.2) is 54.6 Å². The van der Waals surface area contributed by atoms with Crippen molar-refractivity contribution in [3.05, 3.63) is 70.7 Å². The number of benzene rings is 2. The van der Waals surface area contributed by atoms with Crippen LogP contribution in [0.3, 0.4) is 0 Å². The smallest absolute Gasteiger partial charge is 0.328 e. The van der Waals surface area contributed by atoms with Gasteiger partial charge in [-0.3, -0.25) is 4.79 Å². The summed E-state index contributed by atoms with van der Waals surface area (Å²) in [5.41, 5.74) is 1.25. The predicted molar refractivity (Wildman–Crippen MR) is 84.9 cm³/mol. The van der Waals surface area contributed by atoms with Gasteiger partial charge >= 0.3 is 5.97 Å². The minimum absolute atomic E-state index is 0.325. The van der Waals surface area contributed by atoms with Crippen LogP contribution < -0.4 is 5.32 Å². The monoisotopic (exact) mass is 317 g/mol. The van der Waals surface area contributed by atoms with Crippen molar-refractivity contribution in [2.24, 2.45) is 0 Å². The summed E-state index contributed by atoms with van der Waals surface area (Å²) in [6.07, 6.45) is 0.351. The molecule has 22 heavy (non-hydrogen) atoms. The largest absolute Gasteiger partial charge is 0.467 e. The molecule has 114 valence electrons. The Bertz CT molecular complexity index is 658. The average Bonchev–Trinajstić information content (AvgIpc) is 2.54. The zero-order valence-corrected chi connectivity index (χ0v) is 12.8. The normalized spacial score (nSPS) is 11.5. The molecule has 0 unspecified atom stereocenters. The van der Waals surface area contributed by atoms with Gasteiger partial charge < -0.3 is 10.1 Å². The van der Waals surface area contributed by atoms with Crippen LogP contribution >= 0.6 is 11.6 Å². The van der Waals surface area contributed by atoms with Gasteiger partial charge in [-0.15, -0.1) is 0 Å². The summed E-state index contributed by atoms with van der Waals surface area (Å²) in [6.45, 7) is 0. The van der Waals surface area contributed by atoms with Crippen LogP contribution in [-0.2, 0) is 16.0 Å². The van der Waals surface area contributed by atoms with E-state index in [9.17, 15) is 9.59 Å². The molecular weight excluding hydrogens is 302 g/mol. The van der Waals surface area contributed by atoms with E-state index in [1.54, 1.807) is 24.3 Å². The summed E-state index contributed by atoms with van der Waals surface area (Å²) < 4.78 is 4.76. The molecule has 0 spiro atoms. The van der Waals surface area contributed by atoms with E-state index in [-0.39, 0.29) is 0 Å². The lowest BCUT2D eigenvalue weighted by molar-refractivity contribution is -0.142. The van der Waals surface area contributed by atoms with E-state index in [0.29, 0.717) is 17.0 Å². The molecule has 5 heteroatoms. The van der Waals surface area contributed by atoms with Crippen LogP contribution in [0.4, 0.5) is 0 Å². The number of hydrogen-bond donors (Lipinski definition) is 1. The van der Waals surface area contributed by atoms with E-state index in [1.165, 1.54) is 7.11 Å². The molecule has 0 heterocycles. The first-order valence-corrected chi connectivity index (χ1v) is 7.16. The molecule has 0 radical (unpaired) electrons. The molecule has 1 N–H and O–H groups in total. The van der Waals surface area contributed by atoms with E-state index >= 15 is 0 Å². The molecule has 0 bridgehead atoms. The summed E-state index contributed by atoms with van der Waals surface area (Å²) in [5.74, 6) is -0.902. The SMILES string of the molecule is COC(=O)[C@@H](Cc1ccccc1)NC(=O)c1ccccc1Cl. The second-order valence-corrected chi connectivity index (χ2v) is 5.13. The number of methoxy groups -OCH3 is 1. The number of carbonyl (C=O) groups is 2. The van der Waals surface area contributed by atoms with Gasteiger partial charge in [-0.2, -0.15) is 0 Å². The van der Waals surface area contributed by atoms with Gasteiger partial charge in [0.2, 0.25) is 0 Å². The standard InChI is InChI=1S/C17H16ClNO3/c1-22-17(21)15(11-12-7-3-2-4-8-12)19-16(20)13-9-5-6-10-14(13)18/h2-10,15H,11H2,1H3,(H,19,20)/t15-/m1/s1. The molecule has 2 aromatic rings. The Morgan fingerprint density at radius 3 is 2.36 bits per heavy atom. The molecule has 1 amide bonds. The summed E-state index contributed by atoms with van der Waals surface area (Å²) in [6, 6.07) is 15.3. The second-order valence-electron chi connectivity index (χ2n) is 4.72. The third-order valence-corrected chi connectivity index (χ3v) is 3.52. The lowest BCUT2D eigenvalue weighted by Crippen LogP contribution is -2.43. The van der Waals surface area contributed by atoms with E-state index in [0.717, 1.165) is 5.56 Å². The Morgan fingerprint density at radius 2 is 1.73 bits per heavy atom. The molecule has 0 aromatic heterocycles. The fraction of sp³-hybridized carbons (Fsp3) is 0.176. The van der Waals surface area contributed by atoms with Crippen LogP contribution in [0.5, 0.6) is 0 Å². The summed E-state index contributed by atoms with van der Waals surface area (Å²) in [5, 5.41) is 3.01. The van der Waals surface area contributed by atoms with E-state index < -0.39 is 17.9 Å². The topological polar surface area (TPSA) is 55.4 Å². The van der Waals surface area contributed by atoms with Crippen LogP contribution in [0.2, 0.25) is 5.02 Å². The number of halogens is 1. The van der Waals surface area contributed by atoms with Gasteiger partial charge in [0, 0.05) is 6.42 Å². The first-order valence-electron chi connectivity index (χ1n) is 6.79. The van der Waals surface area contributed by atoms with Crippen molar-refractivity contribution < 1.29 is 14.3 Å². The van der Waals surface area contributed by atoms with Crippen molar-refractivity contribution >= 4 is 23.5 Å². The van der Waals surface area contributed by atoms with Gasteiger partial charge in [0.25, 0.3) is 5.91 Å². The number of esters is 1. The van der Waals surface area contributed by atoms with Crippen LogP contribution in [0.1, 0.15) is 15.9 Å². The predicted octanol–water partition coefficient (Wildman–Crippen LogP) is 2.85. The Labute approximate surface area is 134 Å². The molecule has 2 rings (SSSR count). The highest BCUT2D eigenvalue weighted by Gasteiger charge is 2.23. The van der Waals surface area contributed by atoms with Crippen LogP contribution in [-0.4, -0.2) is 25.0 Å². The third kappa shape index (κ3) is 4.09. The first-order chi connectivity index (χ1) is 10.6. The Hall–Kier alpha value is -2.33. The van der Waals surface area contributed by atoms with Crippen LogP contribution in [0.25, 0.3) is 0 Å². The number of carbonyl (C=O) groups excluding carboxylic acids is 2. The molecule has 4 nitrogen and oxygen atoms in total. The number of amides is 1. The zero-order valence-electron chi connectivity index (χ0n) is 12.1. The molecule has 0 aliphatic rings. The highest BCUT2D eigenvalue weighted by molar-refractivity contribution is 6.33. The van der Waals surface area contributed by atoms with Gasteiger partial charge in [0.1, 0.15) is 6.04 Å². The molecule has 0 saturated heterocycles. The van der Waals surface area contributed by atoms with Crippen molar-refractivity contribution in [2.45, 2.75) is 12.5 Å². The van der Waals surface area contributed by atoms with Crippen molar-refractivity contribution in [1.82, 2.24) is 5.32 Å². The number of nitrogens with one attached hydrogen (secondary N) is 1. The van der Waals surface area contributed by atoms with E-state index in [1.807, 2.05) is 30.3 Å². The first kappa shape index (κ1) is 16.0. The van der Waals surface area contributed by atoms with Gasteiger partial charge in [0.15, 0.2) is 0 Å². The van der Waals surface area contributed by atoms with Crippen molar-refractivity contribution in [2.75, 3.05) is 7.11 Å². The number of rotatable bonds is 5. The van der Waals surface area contributed by atoms with Gasteiger partial charge in [-0.25, -0.2) is 4.79 Å². The minimum Gasteiger partial charge on any atom is -0.467 e. The quantitative estimate of drug-likeness (QED) is 0.863. The highest BCUT2D eigenvalue weighted by atomic mass is 35.5. The maximum Gasteiger partial charge on any atom is 0.328 e. The van der Waals surface area contributed by atoms with Gasteiger partial charge in [-0.1, -0.05) is 54.1 Å². The zero-order chi connectivity index (χ0) is 15.9. The molecule has 1 atom stereocenters. The number of ether oxygens (including phenoxy) is 1.